The number of aliphatic hydroxyl groups excluding tert-OH is 2. The molecule has 8 heteroatoms. The van der Waals surface area contributed by atoms with E-state index in [1.807, 2.05) is 43.1 Å². The van der Waals surface area contributed by atoms with E-state index < -0.39 is 12.3 Å². The molecule has 1 aliphatic heterocycles. The molecule has 7 nitrogen and oxygen atoms in total. The molecule has 0 fully saturated rings. The fourth-order valence-electron chi connectivity index (χ4n) is 3.48. The fraction of sp³-hybridized carbons (Fsp3) is 0.273. The summed E-state index contributed by atoms with van der Waals surface area (Å²) < 4.78 is 13.1. The molecule has 3 aromatic rings. The molecule has 1 aromatic heterocycles. The van der Waals surface area contributed by atoms with Gasteiger partial charge in [0.15, 0.2) is 5.82 Å². The summed E-state index contributed by atoms with van der Waals surface area (Å²) in [5.41, 5.74) is 3.87. The summed E-state index contributed by atoms with van der Waals surface area (Å²) in [6.45, 7) is 2.84. The molecule has 0 spiro atoms. The maximum Gasteiger partial charge on any atom is 0.225 e. The first-order valence-corrected chi connectivity index (χ1v) is 9.71. The highest BCUT2D eigenvalue weighted by Crippen LogP contribution is 2.31. The van der Waals surface area contributed by atoms with Crippen molar-refractivity contribution in [1.82, 2.24) is 9.97 Å². The average molecular weight is 409 g/mol. The van der Waals surface area contributed by atoms with Crippen molar-refractivity contribution in [3.05, 3.63) is 76.7 Å². The van der Waals surface area contributed by atoms with Gasteiger partial charge in [-0.2, -0.15) is 4.98 Å². The first-order valence-electron chi connectivity index (χ1n) is 9.71. The Morgan fingerprint density at radius 3 is 2.43 bits per heavy atom. The third-order valence-corrected chi connectivity index (χ3v) is 5.12. The number of likely N-dealkylation sites (N-methyl/N-ethyl adjacent to an activating group) is 1. The van der Waals surface area contributed by atoms with E-state index >= 15 is 0 Å². The monoisotopic (exact) mass is 409 g/mol. The van der Waals surface area contributed by atoms with Gasteiger partial charge < -0.3 is 25.7 Å². The fourth-order valence-corrected chi connectivity index (χ4v) is 3.48. The molecule has 0 bridgehead atoms. The lowest BCUT2D eigenvalue weighted by Gasteiger charge is -2.31. The van der Waals surface area contributed by atoms with Crippen molar-refractivity contribution in [3.63, 3.8) is 0 Å². The predicted molar refractivity (Wildman–Crippen MR) is 114 cm³/mol. The molecule has 0 amide bonds. The number of nitrogens with zero attached hydrogens (tertiary/aromatic N) is 3. The maximum atomic E-state index is 13.1. The zero-order valence-corrected chi connectivity index (χ0v) is 16.8. The van der Waals surface area contributed by atoms with Gasteiger partial charge in [0.05, 0.1) is 12.2 Å². The number of aliphatic hydroxyl groups is 2. The number of hydrogen-bond donors (Lipinski definition) is 4. The molecule has 30 heavy (non-hydrogen) atoms. The van der Waals surface area contributed by atoms with E-state index in [4.69, 9.17) is 0 Å². The standard InChI is InChI=1S/C22H24FN5O2/c1-13-19-21(28(2)12-18(29)26-19)27-22(25-13)24-11-14-3-5-15(6-4-14)20(30)16-7-9-17(23)10-8-16/h3-10,18,20,26,29-30H,11-12H2,1-2H3,(H,24,25,27). The molecule has 2 unspecified atom stereocenters. The number of benzene rings is 2. The second kappa shape index (κ2) is 8.25. The van der Waals surface area contributed by atoms with Crippen LogP contribution < -0.4 is 15.5 Å². The molecule has 0 saturated carbocycles. The number of β-amino-alcohol motifs (C(OH)–C–C–N with tert-alkyl or cyclic N) is 1. The number of anilines is 3. The quantitative estimate of drug-likeness (QED) is 0.515. The minimum atomic E-state index is -0.808. The Kier molecular flexibility index (Phi) is 5.52. The van der Waals surface area contributed by atoms with Crippen LogP contribution in [0.25, 0.3) is 0 Å². The van der Waals surface area contributed by atoms with Crippen LogP contribution in [0.1, 0.15) is 28.5 Å². The van der Waals surface area contributed by atoms with Gasteiger partial charge in [-0.05, 0) is 35.7 Å². The minimum Gasteiger partial charge on any atom is -0.384 e. The topological polar surface area (TPSA) is 93.5 Å². The van der Waals surface area contributed by atoms with Crippen molar-refractivity contribution in [2.75, 3.05) is 29.1 Å². The van der Waals surface area contributed by atoms with Crippen LogP contribution in [0.3, 0.4) is 0 Å². The predicted octanol–water partition coefficient (Wildman–Crippen LogP) is 2.80. The van der Waals surface area contributed by atoms with Crippen LogP contribution in [0.15, 0.2) is 48.5 Å². The largest absolute Gasteiger partial charge is 0.384 e. The molecular weight excluding hydrogens is 385 g/mol. The van der Waals surface area contributed by atoms with E-state index in [0.717, 1.165) is 28.3 Å². The average Bonchev–Trinajstić information content (AvgIpc) is 2.73. The summed E-state index contributed by atoms with van der Waals surface area (Å²) in [5.74, 6) is 0.921. The Bertz CT molecular complexity index is 1030. The number of rotatable bonds is 5. The number of halogens is 1. The molecule has 156 valence electrons. The van der Waals surface area contributed by atoms with Crippen molar-refractivity contribution in [3.8, 4) is 0 Å². The molecule has 0 aliphatic carbocycles. The molecule has 4 rings (SSSR count). The minimum absolute atomic E-state index is 0.329. The van der Waals surface area contributed by atoms with Crippen LogP contribution in [-0.4, -0.2) is 40.0 Å². The van der Waals surface area contributed by atoms with Crippen molar-refractivity contribution in [2.24, 2.45) is 0 Å². The summed E-state index contributed by atoms with van der Waals surface area (Å²) in [6, 6.07) is 13.4. The van der Waals surface area contributed by atoms with E-state index in [2.05, 4.69) is 20.6 Å². The lowest BCUT2D eigenvalue weighted by Crippen LogP contribution is -2.40. The molecule has 2 atom stereocenters. The van der Waals surface area contributed by atoms with Crippen molar-refractivity contribution in [2.45, 2.75) is 25.8 Å². The van der Waals surface area contributed by atoms with Crippen LogP contribution in [0.2, 0.25) is 0 Å². The molecule has 2 heterocycles. The highest BCUT2D eigenvalue weighted by atomic mass is 19.1. The molecule has 0 radical (unpaired) electrons. The zero-order valence-electron chi connectivity index (χ0n) is 16.8. The van der Waals surface area contributed by atoms with Crippen LogP contribution in [0, 0.1) is 12.7 Å². The molecule has 1 aliphatic rings. The van der Waals surface area contributed by atoms with E-state index in [1.54, 1.807) is 12.1 Å². The Hall–Kier alpha value is -3.23. The first kappa shape index (κ1) is 20.1. The Morgan fingerprint density at radius 2 is 1.77 bits per heavy atom. The Morgan fingerprint density at radius 1 is 1.13 bits per heavy atom. The van der Waals surface area contributed by atoms with Gasteiger partial charge in [0, 0.05) is 13.6 Å². The Balaban J connectivity index is 1.44. The van der Waals surface area contributed by atoms with Crippen molar-refractivity contribution >= 4 is 17.5 Å². The van der Waals surface area contributed by atoms with E-state index in [-0.39, 0.29) is 5.82 Å². The summed E-state index contributed by atoms with van der Waals surface area (Å²) in [7, 11) is 1.88. The Labute approximate surface area is 174 Å². The van der Waals surface area contributed by atoms with Crippen LogP contribution >= 0.6 is 0 Å². The number of fused-ring (bicyclic) bond motifs is 1. The summed E-state index contributed by atoms with van der Waals surface area (Å²) in [4.78, 5) is 10.9. The lowest BCUT2D eigenvalue weighted by molar-refractivity contribution is 0.206. The number of hydrogen-bond acceptors (Lipinski definition) is 7. The van der Waals surface area contributed by atoms with Gasteiger partial charge in [-0.25, -0.2) is 9.37 Å². The zero-order chi connectivity index (χ0) is 21.3. The molecule has 2 aromatic carbocycles. The molecule has 4 N–H and O–H groups in total. The summed E-state index contributed by atoms with van der Waals surface area (Å²) >= 11 is 0. The third-order valence-electron chi connectivity index (χ3n) is 5.12. The van der Waals surface area contributed by atoms with Crippen LogP contribution in [-0.2, 0) is 6.54 Å². The lowest BCUT2D eigenvalue weighted by atomic mass is 10.0. The van der Waals surface area contributed by atoms with Gasteiger partial charge in [0.25, 0.3) is 0 Å². The van der Waals surface area contributed by atoms with Crippen LogP contribution in [0.5, 0.6) is 0 Å². The maximum absolute atomic E-state index is 13.1. The molecule has 0 saturated heterocycles. The highest BCUT2D eigenvalue weighted by molar-refractivity contribution is 5.71. The van der Waals surface area contributed by atoms with E-state index in [1.165, 1.54) is 12.1 Å². The van der Waals surface area contributed by atoms with E-state index in [0.29, 0.717) is 24.6 Å². The normalized spacial score (nSPS) is 16.6. The third kappa shape index (κ3) is 4.19. The number of aryl methyl sites for hydroxylation is 1. The molecular formula is C22H24FN5O2. The van der Waals surface area contributed by atoms with Gasteiger partial charge in [-0.15, -0.1) is 0 Å². The second-order valence-corrected chi connectivity index (χ2v) is 7.42. The number of nitrogens with one attached hydrogen (secondary N) is 2. The van der Waals surface area contributed by atoms with Gasteiger partial charge in [-0.3, -0.25) is 0 Å². The van der Waals surface area contributed by atoms with E-state index in [9.17, 15) is 14.6 Å². The van der Waals surface area contributed by atoms with Gasteiger partial charge in [-0.1, -0.05) is 36.4 Å². The number of aromatic nitrogens is 2. The van der Waals surface area contributed by atoms with Gasteiger partial charge in [0.2, 0.25) is 5.95 Å². The summed E-state index contributed by atoms with van der Waals surface area (Å²) in [5, 5.41) is 26.6. The SMILES string of the molecule is Cc1nc(NCc2ccc(C(O)c3ccc(F)cc3)cc2)nc2c1NC(O)CN2C. The first-order chi connectivity index (χ1) is 14.4. The van der Waals surface area contributed by atoms with Crippen LogP contribution in [0.4, 0.5) is 21.8 Å². The smallest absolute Gasteiger partial charge is 0.225 e. The van der Waals surface area contributed by atoms with Crippen molar-refractivity contribution in [1.29, 1.82) is 0 Å². The van der Waals surface area contributed by atoms with Gasteiger partial charge in [0.1, 0.15) is 23.8 Å². The second-order valence-electron chi connectivity index (χ2n) is 7.42. The summed E-state index contributed by atoms with van der Waals surface area (Å²) in [6.07, 6.45) is -1.45. The van der Waals surface area contributed by atoms with Crippen molar-refractivity contribution < 1.29 is 14.6 Å². The highest BCUT2D eigenvalue weighted by Gasteiger charge is 2.24. The van der Waals surface area contributed by atoms with Gasteiger partial charge >= 0.3 is 0 Å².